The maximum Gasteiger partial charge on any atom is 0.255 e. The Balaban J connectivity index is 1.37. The summed E-state index contributed by atoms with van der Waals surface area (Å²) in [4.78, 5) is 17.1. The van der Waals surface area contributed by atoms with E-state index in [1.807, 2.05) is 66.7 Å². The molecule has 1 heterocycles. The van der Waals surface area contributed by atoms with Gasteiger partial charge in [0.1, 0.15) is 5.52 Å². The van der Waals surface area contributed by atoms with Gasteiger partial charge in [0.15, 0.2) is 5.58 Å². The number of hydrogen-bond donors (Lipinski definition) is 1. The first-order valence-electron chi connectivity index (χ1n) is 9.12. The van der Waals surface area contributed by atoms with E-state index < -0.39 is 0 Å². The van der Waals surface area contributed by atoms with E-state index in [9.17, 15) is 4.79 Å². The summed E-state index contributed by atoms with van der Waals surface area (Å²) in [5.74, 6) is 0.356. The molecule has 4 aromatic carbocycles. The third-order valence-corrected chi connectivity index (χ3v) is 4.99. The number of nitrogens with one attached hydrogen (secondary N) is 1. The highest BCUT2D eigenvalue weighted by Crippen LogP contribution is 2.27. The number of fused-ring (bicyclic) bond motifs is 2. The van der Waals surface area contributed by atoms with Crippen molar-refractivity contribution in [1.29, 1.82) is 0 Å². The Kier molecular flexibility index (Phi) is 4.26. The van der Waals surface area contributed by atoms with E-state index in [4.69, 9.17) is 16.0 Å². The SMILES string of the molecule is O=C(Nc1ccc(-c2nc3cc(Cl)ccc3o2)cc1)c1ccc2ccccc2c1. The summed E-state index contributed by atoms with van der Waals surface area (Å²) >= 11 is 6.00. The zero-order chi connectivity index (χ0) is 19.8. The minimum Gasteiger partial charge on any atom is -0.436 e. The molecule has 0 saturated carbocycles. The van der Waals surface area contributed by atoms with E-state index in [2.05, 4.69) is 10.3 Å². The Morgan fingerprint density at radius 3 is 2.48 bits per heavy atom. The molecule has 1 N–H and O–H groups in total. The van der Waals surface area contributed by atoms with Crippen LogP contribution in [0.1, 0.15) is 10.4 Å². The number of halogens is 1. The number of carbonyl (C=O) groups is 1. The summed E-state index contributed by atoms with van der Waals surface area (Å²) in [6, 6.07) is 26.3. The van der Waals surface area contributed by atoms with Crippen molar-refractivity contribution in [1.82, 2.24) is 4.98 Å². The highest BCUT2D eigenvalue weighted by molar-refractivity contribution is 6.31. The monoisotopic (exact) mass is 398 g/mol. The van der Waals surface area contributed by atoms with Crippen LogP contribution in [0.25, 0.3) is 33.3 Å². The average molecular weight is 399 g/mol. The van der Waals surface area contributed by atoms with E-state index in [0.29, 0.717) is 33.3 Å². The van der Waals surface area contributed by atoms with Gasteiger partial charge in [-0.05, 0) is 65.4 Å². The molecule has 4 nitrogen and oxygen atoms in total. The Morgan fingerprint density at radius 2 is 1.66 bits per heavy atom. The predicted octanol–water partition coefficient (Wildman–Crippen LogP) is 6.55. The van der Waals surface area contributed by atoms with Crippen LogP contribution in [0, 0.1) is 0 Å². The lowest BCUT2D eigenvalue weighted by Gasteiger charge is -2.07. The first-order chi connectivity index (χ1) is 14.2. The molecule has 5 aromatic rings. The standard InChI is InChI=1S/C24H15ClN2O2/c25-19-9-12-22-21(14-19)27-24(29-22)16-7-10-20(11-8-16)26-23(28)18-6-5-15-3-1-2-4-17(15)13-18/h1-14H,(H,26,28). The Morgan fingerprint density at radius 1 is 0.862 bits per heavy atom. The number of hydrogen-bond acceptors (Lipinski definition) is 3. The van der Waals surface area contributed by atoms with Gasteiger partial charge in [0.05, 0.1) is 0 Å². The predicted molar refractivity (Wildman–Crippen MR) is 116 cm³/mol. The molecular weight excluding hydrogens is 384 g/mol. The molecule has 0 atom stereocenters. The zero-order valence-electron chi connectivity index (χ0n) is 15.2. The van der Waals surface area contributed by atoms with Crippen molar-refractivity contribution in [2.45, 2.75) is 0 Å². The number of carbonyl (C=O) groups excluding carboxylic acids is 1. The largest absolute Gasteiger partial charge is 0.436 e. The molecule has 1 aromatic heterocycles. The minimum absolute atomic E-state index is 0.153. The van der Waals surface area contributed by atoms with Crippen molar-refractivity contribution in [2.24, 2.45) is 0 Å². The van der Waals surface area contributed by atoms with Crippen LogP contribution in [0.4, 0.5) is 5.69 Å². The molecular formula is C24H15ClN2O2. The molecule has 5 heteroatoms. The van der Waals surface area contributed by atoms with Gasteiger partial charge < -0.3 is 9.73 Å². The summed E-state index contributed by atoms with van der Waals surface area (Å²) in [6.45, 7) is 0. The quantitative estimate of drug-likeness (QED) is 0.374. The molecule has 0 aliphatic rings. The van der Waals surface area contributed by atoms with Gasteiger partial charge in [-0.3, -0.25) is 4.79 Å². The molecule has 140 valence electrons. The van der Waals surface area contributed by atoms with Crippen molar-refractivity contribution < 1.29 is 9.21 Å². The summed E-state index contributed by atoms with van der Waals surface area (Å²) in [5.41, 5.74) is 3.52. The van der Waals surface area contributed by atoms with Crippen molar-refractivity contribution in [3.05, 3.63) is 95.5 Å². The van der Waals surface area contributed by atoms with Crippen molar-refractivity contribution in [3.8, 4) is 11.5 Å². The van der Waals surface area contributed by atoms with Crippen LogP contribution >= 0.6 is 11.6 Å². The summed E-state index contributed by atoms with van der Waals surface area (Å²) in [6.07, 6.45) is 0. The molecule has 0 aliphatic heterocycles. The fourth-order valence-corrected chi connectivity index (χ4v) is 3.42. The highest BCUT2D eigenvalue weighted by atomic mass is 35.5. The van der Waals surface area contributed by atoms with Gasteiger partial charge in [-0.2, -0.15) is 0 Å². The Labute approximate surface area is 171 Å². The van der Waals surface area contributed by atoms with Crippen LogP contribution in [0.3, 0.4) is 0 Å². The van der Waals surface area contributed by atoms with E-state index in [-0.39, 0.29) is 5.91 Å². The van der Waals surface area contributed by atoms with E-state index in [0.717, 1.165) is 16.3 Å². The molecule has 0 fully saturated rings. The van der Waals surface area contributed by atoms with Gasteiger partial charge in [0.25, 0.3) is 5.91 Å². The lowest BCUT2D eigenvalue weighted by Crippen LogP contribution is -2.11. The molecule has 0 aliphatic carbocycles. The number of oxazole rings is 1. The van der Waals surface area contributed by atoms with Gasteiger partial charge in [0, 0.05) is 21.8 Å². The number of amides is 1. The zero-order valence-corrected chi connectivity index (χ0v) is 16.0. The molecule has 0 saturated heterocycles. The van der Waals surface area contributed by atoms with Crippen molar-refractivity contribution in [3.63, 3.8) is 0 Å². The van der Waals surface area contributed by atoms with Crippen LogP contribution in [0.2, 0.25) is 5.02 Å². The van der Waals surface area contributed by atoms with Crippen LogP contribution in [0.5, 0.6) is 0 Å². The maximum atomic E-state index is 12.6. The number of rotatable bonds is 3. The Bertz CT molecular complexity index is 1360. The van der Waals surface area contributed by atoms with Crippen molar-refractivity contribution >= 4 is 45.1 Å². The van der Waals surface area contributed by atoms with E-state index in [1.54, 1.807) is 18.2 Å². The number of nitrogens with zero attached hydrogens (tertiary/aromatic N) is 1. The van der Waals surface area contributed by atoms with E-state index >= 15 is 0 Å². The first-order valence-corrected chi connectivity index (χ1v) is 9.50. The van der Waals surface area contributed by atoms with Gasteiger partial charge in [-0.25, -0.2) is 4.98 Å². The third-order valence-electron chi connectivity index (χ3n) is 4.75. The molecule has 0 unspecified atom stereocenters. The van der Waals surface area contributed by atoms with E-state index in [1.165, 1.54) is 0 Å². The fourth-order valence-electron chi connectivity index (χ4n) is 3.25. The third kappa shape index (κ3) is 3.46. The molecule has 1 amide bonds. The van der Waals surface area contributed by atoms with Gasteiger partial charge in [0.2, 0.25) is 5.89 Å². The minimum atomic E-state index is -0.153. The lowest BCUT2D eigenvalue weighted by molar-refractivity contribution is 0.102. The fraction of sp³-hybridized carbons (Fsp3) is 0. The topological polar surface area (TPSA) is 55.1 Å². The molecule has 0 spiro atoms. The van der Waals surface area contributed by atoms with Crippen LogP contribution < -0.4 is 5.32 Å². The second kappa shape index (κ2) is 7.08. The summed E-state index contributed by atoms with van der Waals surface area (Å²) in [7, 11) is 0. The first kappa shape index (κ1) is 17.5. The summed E-state index contributed by atoms with van der Waals surface area (Å²) < 4.78 is 5.78. The molecule has 0 bridgehead atoms. The lowest BCUT2D eigenvalue weighted by atomic mass is 10.1. The molecule has 0 radical (unpaired) electrons. The van der Waals surface area contributed by atoms with Crippen LogP contribution in [0.15, 0.2) is 89.3 Å². The van der Waals surface area contributed by atoms with Gasteiger partial charge in [-0.1, -0.05) is 41.9 Å². The highest BCUT2D eigenvalue weighted by Gasteiger charge is 2.10. The normalized spacial score (nSPS) is 11.1. The summed E-state index contributed by atoms with van der Waals surface area (Å²) in [5, 5.41) is 5.68. The maximum absolute atomic E-state index is 12.6. The Hall–Kier alpha value is -3.63. The second-order valence-electron chi connectivity index (χ2n) is 6.72. The van der Waals surface area contributed by atoms with Crippen LogP contribution in [-0.4, -0.2) is 10.9 Å². The molecule has 5 rings (SSSR count). The smallest absolute Gasteiger partial charge is 0.255 e. The average Bonchev–Trinajstić information content (AvgIpc) is 3.17. The van der Waals surface area contributed by atoms with Crippen LogP contribution in [-0.2, 0) is 0 Å². The van der Waals surface area contributed by atoms with Gasteiger partial charge >= 0.3 is 0 Å². The number of aromatic nitrogens is 1. The van der Waals surface area contributed by atoms with Crippen molar-refractivity contribution in [2.75, 3.05) is 5.32 Å². The number of anilines is 1. The second-order valence-corrected chi connectivity index (χ2v) is 7.16. The molecule has 29 heavy (non-hydrogen) atoms. The van der Waals surface area contributed by atoms with Gasteiger partial charge in [-0.15, -0.1) is 0 Å². The number of benzene rings is 4.